The summed E-state index contributed by atoms with van der Waals surface area (Å²) >= 11 is 1.24. The van der Waals surface area contributed by atoms with Crippen molar-refractivity contribution in [2.75, 3.05) is 19.0 Å². The third kappa shape index (κ3) is 3.96. The second-order valence-electron chi connectivity index (χ2n) is 6.12. The summed E-state index contributed by atoms with van der Waals surface area (Å²) in [6, 6.07) is 7.90. The largest absolute Gasteiger partial charge is 0.411 e. The van der Waals surface area contributed by atoms with Crippen LogP contribution in [-0.2, 0) is 0 Å². The zero-order valence-electron chi connectivity index (χ0n) is 14.9. The van der Waals surface area contributed by atoms with Gasteiger partial charge in [0.1, 0.15) is 5.82 Å². The molecule has 1 aromatic carbocycles. The number of aromatic nitrogens is 5. The Balaban J connectivity index is 1.89. The fourth-order valence-electron chi connectivity index (χ4n) is 2.12. The Bertz CT molecular complexity index is 851. The van der Waals surface area contributed by atoms with Crippen LogP contribution in [0.2, 0.25) is 0 Å². The van der Waals surface area contributed by atoms with Crippen molar-refractivity contribution >= 4 is 17.7 Å². The van der Waals surface area contributed by atoms with E-state index in [9.17, 15) is 0 Å². The van der Waals surface area contributed by atoms with Crippen LogP contribution in [0.1, 0.15) is 31.2 Å². The molecule has 0 saturated heterocycles. The van der Waals surface area contributed by atoms with Crippen molar-refractivity contribution in [2.24, 2.45) is 0 Å². The number of nitrogens with zero attached hydrogens (tertiary/aromatic N) is 6. The molecule has 0 amide bonds. The van der Waals surface area contributed by atoms with Crippen LogP contribution in [0.15, 0.2) is 39.1 Å². The number of aryl methyl sites for hydroxylation is 1. The summed E-state index contributed by atoms with van der Waals surface area (Å²) in [5.41, 5.74) is 2.01. The molecule has 2 heterocycles. The van der Waals surface area contributed by atoms with Crippen LogP contribution in [0.4, 0.5) is 5.95 Å². The molecule has 0 unspecified atom stereocenters. The molecule has 0 fully saturated rings. The molecule has 0 saturated carbocycles. The molecule has 3 aromatic rings. The smallest absolute Gasteiger partial charge is 0.284 e. The maximum Gasteiger partial charge on any atom is 0.284 e. The number of rotatable bonds is 5. The van der Waals surface area contributed by atoms with E-state index >= 15 is 0 Å². The average Bonchev–Trinajstić information content (AvgIpc) is 3.03. The lowest BCUT2D eigenvalue weighted by Gasteiger charge is -2.13. The first-order valence-electron chi connectivity index (χ1n) is 7.94. The molecular formula is C17H20N6OS. The van der Waals surface area contributed by atoms with E-state index < -0.39 is 0 Å². The van der Waals surface area contributed by atoms with Crippen molar-refractivity contribution in [1.82, 2.24) is 25.1 Å². The molecular weight excluding hydrogens is 336 g/mol. The highest BCUT2D eigenvalue weighted by molar-refractivity contribution is 7.98. The molecule has 130 valence electrons. The van der Waals surface area contributed by atoms with Gasteiger partial charge in [0.2, 0.25) is 17.0 Å². The van der Waals surface area contributed by atoms with Crippen molar-refractivity contribution in [2.45, 2.75) is 37.1 Å². The molecule has 0 aliphatic rings. The Kier molecular flexibility index (Phi) is 4.98. The molecule has 0 atom stereocenters. The Morgan fingerprint density at radius 2 is 1.80 bits per heavy atom. The second kappa shape index (κ2) is 7.18. The standard InChI is InChI=1S/C17H20N6OS/c1-10(2)13-18-15(23(4)5)20-16(19-13)25-17-22-21-14(24-17)12-9-7-6-8-11(12)3/h6-10H,1-5H3. The van der Waals surface area contributed by atoms with Crippen molar-refractivity contribution in [3.05, 3.63) is 35.7 Å². The quantitative estimate of drug-likeness (QED) is 0.686. The van der Waals surface area contributed by atoms with Crippen LogP contribution in [-0.4, -0.2) is 39.2 Å². The van der Waals surface area contributed by atoms with Crippen molar-refractivity contribution < 1.29 is 4.42 Å². The molecule has 0 aliphatic heterocycles. The van der Waals surface area contributed by atoms with Crippen LogP contribution in [0.5, 0.6) is 0 Å². The van der Waals surface area contributed by atoms with Crippen LogP contribution in [0.3, 0.4) is 0 Å². The van der Waals surface area contributed by atoms with E-state index in [1.165, 1.54) is 11.8 Å². The van der Waals surface area contributed by atoms with Gasteiger partial charge in [0, 0.05) is 37.3 Å². The zero-order valence-corrected chi connectivity index (χ0v) is 15.7. The molecule has 0 spiro atoms. The summed E-state index contributed by atoms with van der Waals surface area (Å²) in [4.78, 5) is 15.3. The van der Waals surface area contributed by atoms with E-state index in [-0.39, 0.29) is 5.92 Å². The summed E-state index contributed by atoms with van der Waals surface area (Å²) in [5.74, 6) is 2.04. The minimum atomic E-state index is 0.200. The Hall–Kier alpha value is -2.48. The predicted molar refractivity (Wildman–Crippen MR) is 96.8 cm³/mol. The summed E-state index contributed by atoms with van der Waals surface area (Å²) in [6.45, 7) is 6.11. The molecule has 0 aliphatic carbocycles. The molecule has 0 N–H and O–H groups in total. The number of anilines is 1. The molecule has 2 aromatic heterocycles. The first-order valence-corrected chi connectivity index (χ1v) is 8.76. The molecule has 0 radical (unpaired) electrons. The van der Waals surface area contributed by atoms with Gasteiger partial charge in [-0.05, 0) is 18.6 Å². The van der Waals surface area contributed by atoms with E-state index in [2.05, 4.69) is 25.1 Å². The number of hydrogen-bond donors (Lipinski definition) is 0. The first kappa shape index (κ1) is 17.3. The zero-order chi connectivity index (χ0) is 18.0. The highest BCUT2D eigenvalue weighted by atomic mass is 32.2. The Morgan fingerprint density at radius 1 is 1.04 bits per heavy atom. The van der Waals surface area contributed by atoms with Crippen molar-refractivity contribution in [3.8, 4) is 11.5 Å². The fourth-order valence-corrected chi connectivity index (χ4v) is 2.74. The lowest BCUT2D eigenvalue weighted by molar-refractivity contribution is 0.465. The van der Waals surface area contributed by atoms with Crippen LogP contribution in [0.25, 0.3) is 11.5 Å². The highest BCUT2D eigenvalue weighted by Crippen LogP contribution is 2.29. The number of hydrogen-bond acceptors (Lipinski definition) is 8. The van der Waals surface area contributed by atoms with Gasteiger partial charge in [-0.2, -0.15) is 9.97 Å². The van der Waals surface area contributed by atoms with Crippen LogP contribution < -0.4 is 4.90 Å². The minimum Gasteiger partial charge on any atom is -0.411 e. The van der Waals surface area contributed by atoms with Gasteiger partial charge < -0.3 is 9.32 Å². The molecule has 8 heteroatoms. The molecule has 0 bridgehead atoms. The van der Waals surface area contributed by atoms with Gasteiger partial charge >= 0.3 is 0 Å². The van der Waals surface area contributed by atoms with E-state index in [1.807, 2.05) is 64.0 Å². The van der Waals surface area contributed by atoms with E-state index in [1.54, 1.807) is 0 Å². The number of benzene rings is 1. The second-order valence-corrected chi connectivity index (χ2v) is 7.03. The summed E-state index contributed by atoms with van der Waals surface area (Å²) in [6.07, 6.45) is 0. The molecule has 7 nitrogen and oxygen atoms in total. The van der Waals surface area contributed by atoms with Crippen molar-refractivity contribution in [3.63, 3.8) is 0 Å². The Morgan fingerprint density at radius 3 is 2.48 bits per heavy atom. The third-order valence-corrected chi connectivity index (χ3v) is 4.20. The van der Waals surface area contributed by atoms with Crippen molar-refractivity contribution in [1.29, 1.82) is 0 Å². The first-order chi connectivity index (χ1) is 11.9. The summed E-state index contributed by atoms with van der Waals surface area (Å²) in [7, 11) is 3.80. The minimum absolute atomic E-state index is 0.200. The van der Waals surface area contributed by atoms with Crippen LogP contribution >= 0.6 is 11.8 Å². The van der Waals surface area contributed by atoms with Gasteiger partial charge in [-0.25, -0.2) is 4.98 Å². The summed E-state index contributed by atoms with van der Waals surface area (Å²) in [5, 5.41) is 9.20. The van der Waals surface area contributed by atoms with Gasteiger partial charge in [-0.15, -0.1) is 10.2 Å². The lowest BCUT2D eigenvalue weighted by Crippen LogP contribution is -2.15. The van der Waals surface area contributed by atoms with Crippen LogP contribution in [0, 0.1) is 6.92 Å². The van der Waals surface area contributed by atoms with Gasteiger partial charge in [-0.1, -0.05) is 32.0 Å². The van der Waals surface area contributed by atoms with Gasteiger partial charge in [0.25, 0.3) is 5.22 Å². The van der Waals surface area contributed by atoms with Gasteiger partial charge in [0.15, 0.2) is 0 Å². The van der Waals surface area contributed by atoms with E-state index in [0.717, 1.165) is 17.0 Å². The molecule has 3 rings (SSSR count). The fraction of sp³-hybridized carbons (Fsp3) is 0.353. The predicted octanol–water partition coefficient (Wildman–Crippen LogP) is 3.57. The normalized spacial score (nSPS) is 11.1. The summed E-state index contributed by atoms with van der Waals surface area (Å²) < 4.78 is 5.78. The molecule has 25 heavy (non-hydrogen) atoms. The van der Waals surface area contributed by atoms with E-state index in [0.29, 0.717) is 22.2 Å². The third-order valence-electron chi connectivity index (χ3n) is 3.50. The SMILES string of the molecule is Cc1ccccc1-c1nnc(Sc2nc(C(C)C)nc(N(C)C)n2)o1. The lowest BCUT2D eigenvalue weighted by atomic mass is 10.1. The monoisotopic (exact) mass is 356 g/mol. The average molecular weight is 356 g/mol. The van der Waals surface area contributed by atoms with Gasteiger partial charge in [-0.3, -0.25) is 0 Å². The van der Waals surface area contributed by atoms with E-state index in [4.69, 9.17) is 4.42 Å². The maximum atomic E-state index is 5.78. The van der Waals surface area contributed by atoms with Gasteiger partial charge in [0.05, 0.1) is 0 Å². The maximum absolute atomic E-state index is 5.78. The Labute approximate surface area is 150 Å². The highest BCUT2D eigenvalue weighted by Gasteiger charge is 2.16. The topological polar surface area (TPSA) is 80.8 Å².